The van der Waals surface area contributed by atoms with Crippen LogP contribution in [0.2, 0.25) is 0 Å². The molecule has 2 N–H and O–H groups in total. The Bertz CT molecular complexity index is 491. The summed E-state index contributed by atoms with van der Waals surface area (Å²) in [5.74, 6) is 0. The van der Waals surface area contributed by atoms with E-state index in [9.17, 15) is 18.0 Å². The quantitative estimate of drug-likeness (QED) is 0.930. The number of amides is 1. The molecule has 20 heavy (non-hydrogen) atoms. The van der Waals surface area contributed by atoms with Crippen molar-refractivity contribution in [3.05, 3.63) is 35.4 Å². The van der Waals surface area contributed by atoms with Crippen LogP contribution in [0.3, 0.4) is 0 Å². The fourth-order valence-corrected chi connectivity index (χ4v) is 2.23. The van der Waals surface area contributed by atoms with Gasteiger partial charge in [0.1, 0.15) is 6.10 Å². The second-order valence-corrected chi connectivity index (χ2v) is 4.52. The monoisotopic (exact) mass is 288 g/mol. The second-order valence-electron chi connectivity index (χ2n) is 4.52. The van der Waals surface area contributed by atoms with Gasteiger partial charge in [-0.25, -0.2) is 4.79 Å². The predicted molar refractivity (Wildman–Crippen MR) is 65.9 cm³/mol. The van der Waals surface area contributed by atoms with E-state index in [0.29, 0.717) is 26.1 Å². The van der Waals surface area contributed by atoms with Gasteiger partial charge in [0.2, 0.25) is 0 Å². The molecule has 1 fully saturated rings. The normalized spacial score (nSPS) is 19.9. The van der Waals surface area contributed by atoms with Gasteiger partial charge in [-0.15, -0.1) is 0 Å². The lowest BCUT2D eigenvalue weighted by Crippen LogP contribution is -2.41. The second kappa shape index (κ2) is 5.70. The summed E-state index contributed by atoms with van der Waals surface area (Å²) in [4.78, 5) is 13.1. The molecule has 2 rings (SSSR count). The summed E-state index contributed by atoms with van der Waals surface area (Å²) in [6.07, 6.45) is -5.63. The SMILES string of the molecule is NCCN1CCC(c2ccccc2C(F)(F)F)OC1=O. The van der Waals surface area contributed by atoms with Crippen molar-refractivity contribution in [2.75, 3.05) is 19.6 Å². The van der Waals surface area contributed by atoms with Gasteiger partial charge in [0.05, 0.1) is 5.56 Å². The van der Waals surface area contributed by atoms with Gasteiger partial charge in [0.25, 0.3) is 0 Å². The van der Waals surface area contributed by atoms with E-state index < -0.39 is 23.9 Å². The Morgan fingerprint density at radius 3 is 2.65 bits per heavy atom. The number of benzene rings is 1. The van der Waals surface area contributed by atoms with E-state index in [1.54, 1.807) is 0 Å². The number of rotatable bonds is 3. The Kier molecular flexibility index (Phi) is 4.17. The number of cyclic esters (lactones) is 1. The third-order valence-corrected chi connectivity index (χ3v) is 3.17. The zero-order chi connectivity index (χ0) is 14.8. The topological polar surface area (TPSA) is 55.6 Å². The Balaban J connectivity index is 2.20. The van der Waals surface area contributed by atoms with Gasteiger partial charge in [0.15, 0.2) is 0 Å². The van der Waals surface area contributed by atoms with Gasteiger partial charge < -0.3 is 15.4 Å². The zero-order valence-corrected chi connectivity index (χ0v) is 10.7. The Labute approximate surface area is 114 Å². The van der Waals surface area contributed by atoms with E-state index in [0.717, 1.165) is 6.07 Å². The van der Waals surface area contributed by atoms with Crippen molar-refractivity contribution in [3.63, 3.8) is 0 Å². The molecule has 0 spiro atoms. The Morgan fingerprint density at radius 1 is 1.35 bits per heavy atom. The van der Waals surface area contributed by atoms with Crippen LogP contribution < -0.4 is 5.73 Å². The molecule has 0 saturated carbocycles. The van der Waals surface area contributed by atoms with Gasteiger partial charge in [-0.2, -0.15) is 13.2 Å². The average molecular weight is 288 g/mol. The van der Waals surface area contributed by atoms with E-state index in [1.807, 2.05) is 0 Å². The highest BCUT2D eigenvalue weighted by atomic mass is 19.4. The summed E-state index contributed by atoms with van der Waals surface area (Å²) in [5.41, 5.74) is 4.59. The first-order valence-corrected chi connectivity index (χ1v) is 6.25. The number of nitrogens with two attached hydrogens (primary N) is 1. The molecule has 0 radical (unpaired) electrons. The number of hydrogen-bond donors (Lipinski definition) is 1. The Hall–Kier alpha value is -1.76. The third-order valence-electron chi connectivity index (χ3n) is 3.17. The standard InChI is InChI=1S/C13H15F3N2O2/c14-13(15,16)10-4-2-1-3-9(10)11-5-7-18(8-6-17)12(19)20-11/h1-4,11H,5-8,17H2. The van der Waals surface area contributed by atoms with Crippen LogP contribution in [-0.2, 0) is 10.9 Å². The molecule has 0 bridgehead atoms. The van der Waals surface area contributed by atoms with Crippen molar-refractivity contribution < 1.29 is 22.7 Å². The van der Waals surface area contributed by atoms with Crippen LogP contribution in [0.5, 0.6) is 0 Å². The van der Waals surface area contributed by atoms with Gasteiger partial charge >= 0.3 is 12.3 Å². The van der Waals surface area contributed by atoms with Crippen molar-refractivity contribution in [1.82, 2.24) is 4.90 Å². The van der Waals surface area contributed by atoms with Crippen LogP contribution in [0.15, 0.2) is 24.3 Å². The summed E-state index contributed by atoms with van der Waals surface area (Å²) >= 11 is 0. The maximum absolute atomic E-state index is 12.9. The molecular weight excluding hydrogens is 273 g/mol. The first-order chi connectivity index (χ1) is 9.43. The van der Waals surface area contributed by atoms with Crippen LogP contribution in [0.25, 0.3) is 0 Å². The third kappa shape index (κ3) is 3.04. The molecule has 4 nitrogen and oxygen atoms in total. The summed E-state index contributed by atoms with van der Waals surface area (Å²) < 4.78 is 43.9. The fraction of sp³-hybridized carbons (Fsp3) is 0.462. The van der Waals surface area contributed by atoms with Crippen molar-refractivity contribution >= 4 is 6.09 Å². The lowest BCUT2D eigenvalue weighted by atomic mass is 9.99. The zero-order valence-electron chi connectivity index (χ0n) is 10.7. The molecule has 1 atom stereocenters. The minimum absolute atomic E-state index is 0.000693. The van der Waals surface area contributed by atoms with E-state index in [-0.39, 0.29) is 5.56 Å². The maximum atomic E-state index is 12.9. The van der Waals surface area contributed by atoms with E-state index in [4.69, 9.17) is 10.5 Å². The predicted octanol–water partition coefficient (Wildman–Crippen LogP) is 2.55. The molecule has 0 aliphatic carbocycles. The molecule has 1 aromatic rings. The molecule has 1 saturated heterocycles. The van der Waals surface area contributed by atoms with Gasteiger partial charge in [-0.1, -0.05) is 18.2 Å². The summed E-state index contributed by atoms with van der Waals surface area (Å²) in [6, 6.07) is 5.16. The molecular formula is C13H15F3N2O2. The minimum Gasteiger partial charge on any atom is -0.441 e. The number of carbonyl (C=O) groups is 1. The first-order valence-electron chi connectivity index (χ1n) is 6.25. The molecule has 1 aromatic carbocycles. The van der Waals surface area contributed by atoms with Crippen LogP contribution in [-0.4, -0.2) is 30.6 Å². The number of hydrogen-bond acceptors (Lipinski definition) is 3. The smallest absolute Gasteiger partial charge is 0.416 e. The van der Waals surface area contributed by atoms with Crippen molar-refractivity contribution in [1.29, 1.82) is 0 Å². The van der Waals surface area contributed by atoms with Crippen molar-refractivity contribution in [2.24, 2.45) is 5.73 Å². The van der Waals surface area contributed by atoms with Gasteiger partial charge in [-0.05, 0) is 6.07 Å². The van der Waals surface area contributed by atoms with Gasteiger partial charge in [0, 0.05) is 31.6 Å². The van der Waals surface area contributed by atoms with Crippen LogP contribution >= 0.6 is 0 Å². The van der Waals surface area contributed by atoms with E-state index in [1.165, 1.54) is 23.1 Å². The molecule has 1 unspecified atom stereocenters. The number of alkyl halides is 3. The largest absolute Gasteiger partial charge is 0.441 e. The van der Waals surface area contributed by atoms with Crippen molar-refractivity contribution in [3.8, 4) is 0 Å². The highest BCUT2D eigenvalue weighted by Gasteiger charge is 2.37. The molecule has 1 amide bonds. The highest BCUT2D eigenvalue weighted by molar-refractivity contribution is 5.68. The van der Waals surface area contributed by atoms with E-state index >= 15 is 0 Å². The number of carbonyl (C=O) groups excluding carboxylic acids is 1. The molecule has 1 aliphatic rings. The lowest BCUT2D eigenvalue weighted by Gasteiger charge is -2.32. The lowest BCUT2D eigenvalue weighted by molar-refractivity contribution is -0.139. The number of ether oxygens (including phenoxy) is 1. The van der Waals surface area contributed by atoms with Crippen LogP contribution in [0, 0.1) is 0 Å². The molecule has 110 valence electrons. The minimum atomic E-state index is -4.46. The number of nitrogens with zero attached hydrogens (tertiary/aromatic N) is 1. The van der Waals surface area contributed by atoms with Crippen LogP contribution in [0.4, 0.5) is 18.0 Å². The number of halogens is 3. The molecule has 1 heterocycles. The maximum Gasteiger partial charge on any atom is 0.416 e. The average Bonchev–Trinajstić information content (AvgIpc) is 2.40. The van der Waals surface area contributed by atoms with Crippen molar-refractivity contribution in [2.45, 2.75) is 18.7 Å². The Morgan fingerprint density at radius 2 is 2.05 bits per heavy atom. The van der Waals surface area contributed by atoms with Crippen LogP contribution in [0.1, 0.15) is 23.7 Å². The first kappa shape index (κ1) is 14.6. The van der Waals surface area contributed by atoms with E-state index in [2.05, 4.69) is 0 Å². The van der Waals surface area contributed by atoms with Gasteiger partial charge in [-0.3, -0.25) is 0 Å². The highest BCUT2D eigenvalue weighted by Crippen LogP contribution is 2.37. The summed E-state index contributed by atoms with van der Waals surface area (Å²) in [5, 5.41) is 0. The summed E-state index contributed by atoms with van der Waals surface area (Å²) in [6.45, 7) is 0.971. The summed E-state index contributed by atoms with van der Waals surface area (Å²) in [7, 11) is 0. The fourth-order valence-electron chi connectivity index (χ4n) is 2.23. The molecule has 1 aliphatic heterocycles. The molecule has 7 heteroatoms. The molecule has 0 aromatic heterocycles.